The number of rotatable bonds is 4. The van der Waals surface area contributed by atoms with Crippen LogP contribution in [-0.2, 0) is 0 Å². The third-order valence-electron chi connectivity index (χ3n) is 2.23. The van der Waals surface area contributed by atoms with Crippen LogP contribution in [0.2, 0.25) is 0 Å². The van der Waals surface area contributed by atoms with Gasteiger partial charge in [-0.3, -0.25) is 4.79 Å². The number of anilines is 1. The molecule has 0 aliphatic carbocycles. The molecule has 1 aromatic rings. The van der Waals surface area contributed by atoms with Gasteiger partial charge in [0.05, 0.1) is 11.8 Å². The number of hydrogen-bond donors (Lipinski definition) is 1. The first-order valence-electron chi connectivity index (χ1n) is 5.19. The van der Waals surface area contributed by atoms with Crippen molar-refractivity contribution in [3.8, 4) is 0 Å². The maximum absolute atomic E-state index is 13.0. The lowest BCUT2D eigenvalue weighted by atomic mass is 10.2. The number of amides is 1. The molecule has 1 aromatic heterocycles. The second-order valence-electron chi connectivity index (χ2n) is 3.53. The Hall–Kier alpha value is -1.65. The topological polar surface area (TPSA) is 45.2 Å². The number of halogens is 1. The van der Waals surface area contributed by atoms with Crippen LogP contribution in [-0.4, -0.2) is 36.4 Å². The summed E-state index contributed by atoms with van der Waals surface area (Å²) in [6.07, 6.45) is 1.95. The highest BCUT2D eigenvalue weighted by molar-refractivity contribution is 5.98. The van der Waals surface area contributed by atoms with E-state index in [4.69, 9.17) is 0 Å². The van der Waals surface area contributed by atoms with E-state index in [-0.39, 0.29) is 11.5 Å². The number of carbonyl (C=O) groups is 1. The summed E-state index contributed by atoms with van der Waals surface area (Å²) in [4.78, 5) is 17.3. The maximum atomic E-state index is 13.0. The Labute approximate surface area is 94.5 Å². The van der Waals surface area contributed by atoms with E-state index in [0.717, 1.165) is 12.6 Å². The highest BCUT2D eigenvalue weighted by atomic mass is 19.1. The molecule has 0 bridgehead atoms. The molecule has 5 heteroatoms. The van der Waals surface area contributed by atoms with Crippen molar-refractivity contribution in [2.45, 2.75) is 13.3 Å². The van der Waals surface area contributed by atoms with Gasteiger partial charge in [0.1, 0.15) is 11.6 Å². The highest BCUT2D eigenvalue weighted by Gasteiger charge is 2.16. The molecule has 0 unspecified atom stereocenters. The van der Waals surface area contributed by atoms with Gasteiger partial charge in [-0.05, 0) is 12.5 Å². The molecule has 0 saturated carbocycles. The Morgan fingerprint density at radius 3 is 2.88 bits per heavy atom. The first-order chi connectivity index (χ1) is 7.60. The molecular formula is C11H16FN3O. The Morgan fingerprint density at radius 2 is 2.31 bits per heavy atom. The molecule has 1 heterocycles. The zero-order valence-electron chi connectivity index (χ0n) is 9.75. The van der Waals surface area contributed by atoms with Gasteiger partial charge in [0.15, 0.2) is 0 Å². The number of aromatic nitrogens is 1. The van der Waals surface area contributed by atoms with E-state index in [0.29, 0.717) is 12.4 Å². The molecule has 0 atom stereocenters. The van der Waals surface area contributed by atoms with Gasteiger partial charge >= 0.3 is 0 Å². The smallest absolute Gasteiger partial charge is 0.257 e. The summed E-state index contributed by atoms with van der Waals surface area (Å²) in [6.45, 7) is 2.62. The second kappa shape index (κ2) is 5.44. The molecule has 88 valence electrons. The fraction of sp³-hybridized carbons (Fsp3) is 0.455. The standard InChI is InChI=1S/C11H16FN3O/c1-4-5-15(3)11(16)9-6-8(12)7-14-10(9)13-2/h6-7H,4-5H2,1-3H3,(H,13,14). The van der Waals surface area contributed by atoms with Crippen molar-refractivity contribution in [2.24, 2.45) is 0 Å². The van der Waals surface area contributed by atoms with Crippen LogP contribution in [0, 0.1) is 5.82 Å². The SMILES string of the molecule is CCCN(C)C(=O)c1cc(F)cnc1NC. The summed E-state index contributed by atoms with van der Waals surface area (Å²) < 4.78 is 13.0. The average molecular weight is 225 g/mol. The average Bonchev–Trinajstić information content (AvgIpc) is 2.28. The van der Waals surface area contributed by atoms with E-state index >= 15 is 0 Å². The first kappa shape index (κ1) is 12.4. The van der Waals surface area contributed by atoms with Crippen LogP contribution in [0.4, 0.5) is 10.2 Å². The molecule has 1 rings (SSSR count). The first-order valence-corrected chi connectivity index (χ1v) is 5.19. The molecule has 1 N–H and O–H groups in total. The minimum Gasteiger partial charge on any atom is -0.372 e. The normalized spacial score (nSPS) is 10.0. The van der Waals surface area contributed by atoms with E-state index in [2.05, 4.69) is 10.3 Å². The number of pyridine rings is 1. The van der Waals surface area contributed by atoms with E-state index in [9.17, 15) is 9.18 Å². The van der Waals surface area contributed by atoms with Gasteiger partial charge in [-0.2, -0.15) is 0 Å². The van der Waals surface area contributed by atoms with Crippen molar-refractivity contribution in [1.29, 1.82) is 0 Å². The molecule has 4 nitrogen and oxygen atoms in total. The maximum Gasteiger partial charge on any atom is 0.257 e. The van der Waals surface area contributed by atoms with Gasteiger partial charge in [-0.25, -0.2) is 9.37 Å². The second-order valence-corrected chi connectivity index (χ2v) is 3.53. The van der Waals surface area contributed by atoms with Crippen molar-refractivity contribution in [3.05, 3.63) is 23.6 Å². The summed E-state index contributed by atoms with van der Waals surface area (Å²) in [5, 5.41) is 2.78. The van der Waals surface area contributed by atoms with Gasteiger partial charge in [0.25, 0.3) is 5.91 Å². The van der Waals surface area contributed by atoms with Crippen LogP contribution in [0.25, 0.3) is 0 Å². The number of hydrogen-bond acceptors (Lipinski definition) is 3. The Morgan fingerprint density at radius 1 is 1.62 bits per heavy atom. The van der Waals surface area contributed by atoms with Crippen molar-refractivity contribution < 1.29 is 9.18 Å². The zero-order valence-corrected chi connectivity index (χ0v) is 9.75. The van der Waals surface area contributed by atoms with Crippen molar-refractivity contribution >= 4 is 11.7 Å². The van der Waals surface area contributed by atoms with Gasteiger partial charge in [-0.1, -0.05) is 6.92 Å². The van der Waals surface area contributed by atoms with Crippen LogP contribution in [0.15, 0.2) is 12.3 Å². The van der Waals surface area contributed by atoms with Crippen LogP contribution in [0.1, 0.15) is 23.7 Å². The molecular weight excluding hydrogens is 209 g/mol. The van der Waals surface area contributed by atoms with E-state index in [1.807, 2.05) is 6.92 Å². The van der Waals surface area contributed by atoms with Crippen LogP contribution in [0.3, 0.4) is 0 Å². The lowest BCUT2D eigenvalue weighted by molar-refractivity contribution is 0.0795. The number of nitrogens with zero attached hydrogens (tertiary/aromatic N) is 2. The van der Waals surface area contributed by atoms with Gasteiger partial charge in [-0.15, -0.1) is 0 Å². The zero-order chi connectivity index (χ0) is 12.1. The Balaban J connectivity index is 3.01. The summed E-state index contributed by atoms with van der Waals surface area (Å²) in [6, 6.07) is 1.20. The predicted molar refractivity (Wildman–Crippen MR) is 61.0 cm³/mol. The van der Waals surface area contributed by atoms with Crippen LogP contribution < -0.4 is 5.32 Å². The summed E-state index contributed by atoms with van der Waals surface area (Å²) >= 11 is 0. The molecule has 0 saturated heterocycles. The quantitative estimate of drug-likeness (QED) is 0.849. The molecule has 0 aromatic carbocycles. The third kappa shape index (κ3) is 2.68. The monoisotopic (exact) mass is 225 g/mol. The summed E-state index contributed by atoms with van der Waals surface area (Å²) in [7, 11) is 3.34. The van der Waals surface area contributed by atoms with Crippen molar-refractivity contribution in [2.75, 3.05) is 26.0 Å². The molecule has 16 heavy (non-hydrogen) atoms. The van der Waals surface area contributed by atoms with Gasteiger partial charge in [0.2, 0.25) is 0 Å². The minimum atomic E-state index is -0.507. The van der Waals surface area contributed by atoms with Gasteiger partial charge < -0.3 is 10.2 Å². The van der Waals surface area contributed by atoms with Gasteiger partial charge in [0, 0.05) is 20.6 Å². The number of nitrogens with one attached hydrogen (secondary N) is 1. The minimum absolute atomic E-state index is 0.224. The fourth-order valence-electron chi connectivity index (χ4n) is 1.44. The highest BCUT2D eigenvalue weighted by Crippen LogP contribution is 2.15. The number of carbonyl (C=O) groups excluding carboxylic acids is 1. The molecule has 0 radical (unpaired) electrons. The van der Waals surface area contributed by atoms with E-state index in [1.54, 1.807) is 19.0 Å². The molecule has 0 fully saturated rings. The fourth-order valence-corrected chi connectivity index (χ4v) is 1.44. The molecule has 1 amide bonds. The van der Waals surface area contributed by atoms with E-state index < -0.39 is 5.82 Å². The third-order valence-corrected chi connectivity index (χ3v) is 2.23. The van der Waals surface area contributed by atoms with Crippen molar-refractivity contribution in [1.82, 2.24) is 9.88 Å². The molecule has 0 aliphatic rings. The van der Waals surface area contributed by atoms with Crippen molar-refractivity contribution in [3.63, 3.8) is 0 Å². The van der Waals surface area contributed by atoms with Crippen LogP contribution >= 0.6 is 0 Å². The summed E-state index contributed by atoms with van der Waals surface area (Å²) in [5.41, 5.74) is 0.262. The van der Waals surface area contributed by atoms with Crippen LogP contribution in [0.5, 0.6) is 0 Å². The molecule has 0 spiro atoms. The molecule has 0 aliphatic heterocycles. The Bertz CT molecular complexity index is 381. The summed E-state index contributed by atoms with van der Waals surface area (Å²) in [5.74, 6) is -0.334. The lowest BCUT2D eigenvalue weighted by Crippen LogP contribution is -2.28. The lowest BCUT2D eigenvalue weighted by Gasteiger charge is -2.17. The largest absolute Gasteiger partial charge is 0.372 e. The predicted octanol–water partition coefficient (Wildman–Crippen LogP) is 1.74. The van der Waals surface area contributed by atoms with E-state index in [1.165, 1.54) is 6.07 Å². The Kier molecular flexibility index (Phi) is 4.22.